The zero-order valence-corrected chi connectivity index (χ0v) is 16.7. The minimum Gasteiger partial charge on any atom is -0.381 e. The van der Waals surface area contributed by atoms with Gasteiger partial charge in [0.2, 0.25) is 0 Å². The average Bonchev–Trinajstić information content (AvgIpc) is 2.67. The summed E-state index contributed by atoms with van der Waals surface area (Å²) in [5.74, 6) is -0.194. The molecule has 3 rings (SSSR count). The summed E-state index contributed by atoms with van der Waals surface area (Å²) in [5.41, 5.74) is 2.58. The highest BCUT2D eigenvalue weighted by molar-refractivity contribution is 9.10. The fraction of sp³-hybridized carbons (Fsp3) is 0.350. The number of benzene rings is 2. The Bertz CT molecular complexity index is 762. The molecule has 1 aliphatic heterocycles. The maximum Gasteiger partial charge on any atom is 0.253 e. The van der Waals surface area contributed by atoms with Crippen LogP contribution in [-0.2, 0) is 22.6 Å². The van der Waals surface area contributed by atoms with Crippen LogP contribution < -0.4 is 5.32 Å². The number of rotatable bonds is 6. The van der Waals surface area contributed by atoms with E-state index in [-0.39, 0.29) is 12.0 Å². The van der Waals surface area contributed by atoms with E-state index in [9.17, 15) is 4.79 Å². The van der Waals surface area contributed by atoms with Crippen LogP contribution in [0.5, 0.6) is 0 Å². The highest BCUT2D eigenvalue weighted by Crippen LogP contribution is 2.21. The molecule has 1 amide bonds. The summed E-state index contributed by atoms with van der Waals surface area (Å²) < 4.78 is 12.1. The standard InChI is InChI=1S/C20H21BrClNO3/c21-16-4-5-19(22)18(11-16)20(24)23-12-14-2-1-3-15(10-14)13-26-17-6-8-25-9-7-17/h1-5,10-11,17H,6-9,12-13H2,(H,23,24). The van der Waals surface area contributed by atoms with Crippen LogP contribution in [0.4, 0.5) is 0 Å². The minimum atomic E-state index is -0.194. The molecule has 1 saturated heterocycles. The second-order valence-electron chi connectivity index (χ2n) is 6.25. The maximum absolute atomic E-state index is 12.4. The predicted molar refractivity (Wildman–Crippen MR) is 105 cm³/mol. The number of hydrogen-bond acceptors (Lipinski definition) is 3. The molecule has 26 heavy (non-hydrogen) atoms. The zero-order chi connectivity index (χ0) is 18.4. The van der Waals surface area contributed by atoms with Crippen LogP contribution in [-0.4, -0.2) is 25.2 Å². The smallest absolute Gasteiger partial charge is 0.253 e. The van der Waals surface area contributed by atoms with Gasteiger partial charge in [-0.05, 0) is 42.2 Å². The zero-order valence-electron chi connectivity index (χ0n) is 14.3. The maximum atomic E-state index is 12.4. The normalized spacial score (nSPS) is 15.0. The molecule has 2 aromatic rings. The van der Waals surface area contributed by atoms with E-state index in [1.165, 1.54) is 0 Å². The third kappa shape index (κ3) is 5.55. The van der Waals surface area contributed by atoms with Gasteiger partial charge in [-0.25, -0.2) is 0 Å². The van der Waals surface area contributed by atoms with Gasteiger partial charge in [-0.2, -0.15) is 0 Å². The third-order valence-corrected chi connectivity index (χ3v) is 5.09. The average molecular weight is 439 g/mol. The molecule has 0 unspecified atom stereocenters. The van der Waals surface area contributed by atoms with Crippen molar-refractivity contribution in [1.82, 2.24) is 5.32 Å². The number of hydrogen-bond donors (Lipinski definition) is 1. The van der Waals surface area contributed by atoms with E-state index in [1.54, 1.807) is 18.2 Å². The summed E-state index contributed by atoms with van der Waals surface area (Å²) in [6.07, 6.45) is 2.16. The monoisotopic (exact) mass is 437 g/mol. The van der Waals surface area contributed by atoms with Crippen molar-refractivity contribution in [2.75, 3.05) is 13.2 Å². The van der Waals surface area contributed by atoms with E-state index >= 15 is 0 Å². The lowest BCUT2D eigenvalue weighted by Crippen LogP contribution is -2.24. The molecule has 138 valence electrons. The van der Waals surface area contributed by atoms with Crippen molar-refractivity contribution in [2.24, 2.45) is 0 Å². The number of carbonyl (C=O) groups excluding carboxylic acids is 1. The Kier molecular flexibility index (Phi) is 7.08. The SMILES string of the molecule is O=C(NCc1cccc(COC2CCOCC2)c1)c1cc(Br)ccc1Cl. The van der Waals surface area contributed by atoms with E-state index in [4.69, 9.17) is 21.1 Å². The molecular weight excluding hydrogens is 418 g/mol. The Hall–Kier alpha value is -1.40. The summed E-state index contributed by atoms with van der Waals surface area (Å²) in [4.78, 5) is 12.4. The van der Waals surface area contributed by atoms with E-state index < -0.39 is 0 Å². The molecule has 0 aromatic heterocycles. The Balaban J connectivity index is 1.54. The van der Waals surface area contributed by atoms with Crippen molar-refractivity contribution in [3.05, 3.63) is 68.7 Å². The quantitative estimate of drug-likeness (QED) is 0.709. The highest BCUT2D eigenvalue weighted by Gasteiger charge is 2.14. The van der Waals surface area contributed by atoms with E-state index in [2.05, 4.69) is 27.3 Å². The minimum absolute atomic E-state index is 0.194. The summed E-state index contributed by atoms with van der Waals surface area (Å²) >= 11 is 9.47. The van der Waals surface area contributed by atoms with Crippen LogP contribution in [0, 0.1) is 0 Å². The van der Waals surface area contributed by atoms with Crippen molar-refractivity contribution in [2.45, 2.75) is 32.1 Å². The molecule has 6 heteroatoms. The molecule has 0 spiro atoms. The van der Waals surface area contributed by atoms with Gasteiger partial charge in [-0.1, -0.05) is 51.8 Å². The predicted octanol–water partition coefficient (Wildman–Crippen LogP) is 4.73. The van der Waals surface area contributed by atoms with Crippen molar-refractivity contribution < 1.29 is 14.3 Å². The van der Waals surface area contributed by atoms with Crippen molar-refractivity contribution in [3.8, 4) is 0 Å². The van der Waals surface area contributed by atoms with Gasteiger partial charge in [-0.15, -0.1) is 0 Å². The lowest BCUT2D eigenvalue weighted by molar-refractivity contribution is -0.0390. The van der Waals surface area contributed by atoms with Gasteiger partial charge in [-0.3, -0.25) is 4.79 Å². The van der Waals surface area contributed by atoms with Crippen LogP contribution >= 0.6 is 27.5 Å². The Morgan fingerprint density at radius 1 is 1.19 bits per heavy atom. The molecule has 0 saturated carbocycles. The van der Waals surface area contributed by atoms with Gasteiger partial charge in [0.25, 0.3) is 5.91 Å². The summed E-state index contributed by atoms with van der Waals surface area (Å²) in [7, 11) is 0. The first-order valence-corrected chi connectivity index (χ1v) is 9.79. The van der Waals surface area contributed by atoms with Crippen molar-refractivity contribution in [3.63, 3.8) is 0 Å². The largest absolute Gasteiger partial charge is 0.381 e. The molecule has 4 nitrogen and oxygen atoms in total. The molecule has 1 fully saturated rings. The van der Waals surface area contributed by atoms with Crippen molar-refractivity contribution in [1.29, 1.82) is 0 Å². The number of ether oxygens (including phenoxy) is 2. The van der Waals surface area contributed by atoms with Crippen molar-refractivity contribution >= 4 is 33.4 Å². The molecular formula is C20H21BrClNO3. The molecule has 2 aromatic carbocycles. The molecule has 0 aliphatic carbocycles. The van der Waals surface area contributed by atoms with Crippen LogP contribution in [0.25, 0.3) is 0 Å². The van der Waals surface area contributed by atoms with Gasteiger partial charge < -0.3 is 14.8 Å². The molecule has 1 aliphatic rings. The lowest BCUT2D eigenvalue weighted by Gasteiger charge is -2.22. The highest BCUT2D eigenvalue weighted by atomic mass is 79.9. The summed E-state index contributed by atoms with van der Waals surface area (Å²) in [5, 5.41) is 3.35. The second-order valence-corrected chi connectivity index (χ2v) is 7.57. The van der Waals surface area contributed by atoms with E-state index in [1.807, 2.05) is 18.2 Å². The van der Waals surface area contributed by atoms with E-state index in [0.29, 0.717) is 23.7 Å². The van der Waals surface area contributed by atoms with Gasteiger partial charge in [0, 0.05) is 24.2 Å². The van der Waals surface area contributed by atoms with Crippen LogP contribution in [0.3, 0.4) is 0 Å². The first-order chi connectivity index (χ1) is 12.6. The fourth-order valence-electron chi connectivity index (χ4n) is 2.84. The van der Waals surface area contributed by atoms with E-state index in [0.717, 1.165) is 41.7 Å². The molecule has 0 radical (unpaired) electrons. The lowest BCUT2D eigenvalue weighted by atomic mass is 10.1. The summed E-state index contributed by atoms with van der Waals surface area (Å²) in [6, 6.07) is 13.3. The third-order valence-electron chi connectivity index (χ3n) is 4.27. The second kappa shape index (κ2) is 9.51. The number of carbonyl (C=O) groups is 1. The van der Waals surface area contributed by atoms with Crippen LogP contribution in [0.2, 0.25) is 5.02 Å². The van der Waals surface area contributed by atoms with Gasteiger partial charge in [0.05, 0.1) is 23.3 Å². The Morgan fingerprint density at radius 3 is 2.77 bits per heavy atom. The summed E-state index contributed by atoms with van der Waals surface area (Å²) in [6.45, 7) is 2.56. The number of halogens is 2. The van der Waals surface area contributed by atoms with Crippen LogP contribution in [0.15, 0.2) is 46.9 Å². The first kappa shape index (κ1) is 19.4. The first-order valence-electron chi connectivity index (χ1n) is 8.62. The fourth-order valence-corrected chi connectivity index (χ4v) is 3.40. The number of amides is 1. The molecule has 1 N–H and O–H groups in total. The van der Waals surface area contributed by atoms with Gasteiger partial charge in [0.15, 0.2) is 0 Å². The molecule has 1 heterocycles. The van der Waals surface area contributed by atoms with Gasteiger partial charge in [0.1, 0.15) is 0 Å². The number of nitrogens with one attached hydrogen (secondary N) is 1. The topological polar surface area (TPSA) is 47.6 Å². The van der Waals surface area contributed by atoms with Crippen LogP contribution in [0.1, 0.15) is 34.3 Å². The Morgan fingerprint density at radius 2 is 1.96 bits per heavy atom. The molecule has 0 bridgehead atoms. The molecule has 0 atom stereocenters. The van der Waals surface area contributed by atoms with Gasteiger partial charge >= 0.3 is 0 Å². The Labute approximate surface area is 167 Å².